The van der Waals surface area contributed by atoms with Crippen LogP contribution in [-0.2, 0) is 13.1 Å². The highest BCUT2D eigenvalue weighted by atomic mass is 16.2. The summed E-state index contributed by atoms with van der Waals surface area (Å²) in [6, 6.07) is 19.5. The molecule has 0 spiro atoms. The third kappa shape index (κ3) is 7.15. The minimum absolute atomic E-state index is 0.192. The lowest BCUT2D eigenvalue weighted by Crippen LogP contribution is -2.52. The Kier molecular flexibility index (Phi) is 7.44. The molecule has 5 heteroatoms. The summed E-state index contributed by atoms with van der Waals surface area (Å²) in [5, 5.41) is 5.92. The minimum atomic E-state index is -0.239. The number of hydrogen-bond acceptors (Lipinski definition) is 3. The zero-order chi connectivity index (χ0) is 19.7. The predicted molar refractivity (Wildman–Crippen MR) is 111 cm³/mol. The Labute approximate surface area is 162 Å². The van der Waals surface area contributed by atoms with Crippen molar-refractivity contribution in [2.45, 2.75) is 39.9 Å². The maximum atomic E-state index is 12.4. The zero-order valence-electron chi connectivity index (χ0n) is 16.4. The van der Waals surface area contributed by atoms with Crippen molar-refractivity contribution in [1.29, 1.82) is 0 Å². The van der Waals surface area contributed by atoms with Gasteiger partial charge in [0.25, 0.3) is 0 Å². The fourth-order valence-corrected chi connectivity index (χ4v) is 2.71. The first-order valence-electron chi connectivity index (χ1n) is 9.16. The van der Waals surface area contributed by atoms with Gasteiger partial charge >= 0.3 is 6.03 Å². The van der Waals surface area contributed by atoms with Crippen LogP contribution in [0.4, 0.5) is 4.79 Å². The molecule has 4 N–H and O–H groups in total. The molecule has 0 fully saturated rings. The molecular formula is C22H30N4O. The standard InChI is InChI=1S/C22H30N4O/c1-17(26-24-16-19-13-9-6-10-14-19)20(22(2,3)4)25-21(27)23-15-18-11-7-5-8-12-18/h5-14,20,24,26H,1,15-16H2,2-4H3,(H2,23,25,27)/t20-/m1/s1. The smallest absolute Gasteiger partial charge is 0.315 e. The Hall–Kier alpha value is -2.79. The van der Waals surface area contributed by atoms with E-state index >= 15 is 0 Å². The van der Waals surface area contributed by atoms with E-state index in [-0.39, 0.29) is 17.5 Å². The molecule has 0 heterocycles. The molecule has 0 radical (unpaired) electrons. The van der Waals surface area contributed by atoms with Crippen LogP contribution in [0.15, 0.2) is 72.9 Å². The second kappa shape index (κ2) is 9.78. The van der Waals surface area contributed by atoms with Crippen LogP contribution in [-0.4, -0.2) is 12.1 Å². The summed E-state index contributed by atoms with van der Waals surface area (Å²) < 4.78 is 0. The molecule has 0 aliphatic heterocycles. The van der Waals surface area contributed by atoms with Gasteiger partial charge in [-0.2, -0.15) is 0 Å². The largest absolute Gasteiger partial charge is 0.334 e. The van der Waals surface area contributed by atoms with E-state index in [9.17, 15) is 4.79 Å². The van der Waals surface area contributed by atoms with Gasteiger partial charge in [0.2, 0.25) is 0 Å². The summed E-state index contributed by atoms with van der Waals surface area (Å²) in [5.74, 6) is 0. The van der Waals surface area contributed by atoms with Crippen LogP contribution in [0.25, 0.3) is 0 Å². The normalized spacial score (nSPS) is 12.1. The van der Waals surface area contributed by atoms with Crippen LogP contribution in [0.3, 0.4) is 0 Å². The van der Waals surface area contributed by atoms with E-state index in [4.69, 9.17) is 0 Å². The fraction of sp³-hybridized carbons (Fsp3) is 0.318. The van der Waals surface area contributed by atoms with Crippen molar-refractivity contribution in [3.05, 3.63) is 84.1 Å². The van der Waals surface area contributed by atoms with Crippen LogP contribution in [0.5, 0.6) is 0 Å². The molecule has 0 saturated carbocycles. The Morgan fingerprint density at radius 3 is 1.96 bits per heavy atom. The van der Waals surface area contributed by atoms with Crippen molar-refractivity contribution < 1.29 is 4.79 Å². The van der Waals surface area contributed by atoms with Crippen LogP contribution in [0.2, 0.25) is 0 Å². The number of hydrazine groups is 1. The maximum absolute atomic E-state index is 12.4. The third-order valence-corrected chi connectivity index (χ3v) is 4.17. The number of nitrogens with one attached hydrogen (secondary N) is 4. The molecule has 2 aromatic rings. The fourth-order valence-electron chi connectivity index (χ4n) is 2.71. The molecule has 2 amide bonds. The second-order valence-corrected chi connectivity index (χ2v) is 7.60. The summed E-state index contributed by atoms with van der Waals surface area (Å²) in [7, 11) is 0. The number of hydrogen-bond donors (Lipinski definition) is 4. The molecule has 5 nitrogen and oxygen atoms in total. The Morgan fingerprint density at radius 2 is 1.44 bits per heavy atom. The van der Waals surface area contributed by atoms with Gasteiger partial charge in [-0.25, -0.2) is 10.2 Å². The number of carbonyl (C=O) groups excluding carboxylic acids is 1. The number of amides is 2. The maximum Gasteiger partial charge on any atom is 0.315 e. The van der Waals surface area contributed by atoms with Crippen LogP contribution in [0.1, 0.15) is 31.9 Å². The van der Waals surface area contributed by atoms with E-state index in [1.165, 1.54) is 5.56 Å². The summed E-state index contributed by atoms with van der Waals surface area (Å²) >= 11 is 0. The first-order chi connectivity index (χ1) is 12.9. The average Bonchev–Trinajstić information content (AvgIpc) is 2.65. The number of urea groups is 1. The van der Waals surface area contributed by atoms with Crippen molar-refractivity contribution >= 4 is 6.03 Å². The highest BCUT2D eigenvalue weighted by molar-refractivity contribution is 5.74. The molecule has 1 atom stereocenters. The van der Waals surface area contributed by atoms with Crippen LogP contribution in [0, 0.1) is 5.41 Å². The van der Waals surface area contributed by atoms with Gasteiger partial charge in [0, 0.05) is 18.8 Å². The topological polar surface area (TPSA) is 65.2 Å². The molecule has 0 aliphatic carbocycles. The molecule has 0 bridgehead atoms. The van der Waals surface area contributed by atoms with Crippen molar-refractivity contribution in [2.75, 3.05) is 0 Å². The van der Waals surface area contributed by atoms with E-state index in [0.29, 0.717) is 18.8 Å². The monoisotopic (exact) mass is 366 g/mol. The lowest BCUT2D eigenvalue weighted by atomic mass is 9.85. The zero-order valence-corrected chi connectivity index (χ0v) is 16.4. The average molecular weight is 367 g/mol. The third-order valence-electron chi connectivity index (χ3n) is 4.17. The van der Waals surface area contributed by atoms with E-state index in [1.54, 1.807) is 0 Å². The first kappa shape index (κ1) is 20.5. The van der Waals surface area contributed by atoms with E-state index in [2.05, 4.69) is 48.8 Å². The quantitative estimate of drug-likeness (QED) is 0.539. The first-order valence-corrected chi connectivity index (χ1v) is 9.16. The van der Waals surface area contributed by atoms with Gasteiger partial charge in [-0.05, 0) is 16.5 Å². The Balaban J connectivity index is 1.86. The van der Waals surface area contributed by atoms with Gasteiger partial charge in [-0.1, -0.05) is 88.0 Å². The minimum Gasteiger partial charge on any atom is -0.334 e. The Bertz CT molecular complexity index is 723. The highest BCUT2D eigenvalue weighted by Gasteiger charge is 2.28. The van der Waals surface area contributed by atoms with Gasteiger partial charge < -0.3 is 16.1 Å². The second-order valence-electron chi connectivity index (χ2n) is 7.60. The van der Waals surface area contributed by atoms with Gasteiger partial charge in [-0.15, -0.1) is 0 Å². The SMILES string of the molecule is C=C(NNCc1ccccc1)[C@@H](NC(=O)NCc1ccccc1)C(C)(C)C. The molecule has 144 valence electrons. The molecular weight excluding hydrogens is 336 g/mol. The van der Waals surface area contributed by atoms with Crippen LogP contribution < -0.4 is 21.5 Å². The lowest BCUT2D eigenvalue weighted by molar-refractivity contribution is 0.222. The van der Waals surface area contributed by atoms with Gasteiger partial charge in [0.1, 0.15) is 0 Å². The predicted octanol–water partition coefficient (Wildman–Crippen LogP) is 3.71. The summed E-state index contributed by atoms with van der Waals surface area (Å²) in [5.41, 5.74) is 9.04. The molecule has 0 saturated heterocycles. The highest BCUT2D eigenvalue weighted by Crippen LogP contribution is 2.23. The van der Waals surface area contributed by atoms with Gasteiger partial charge in [0.15, 0.2) is 0 Å². The number of benzene rings is 2. The Morgan fingerprint density at radius 1 is 0.926 bits per heavy atom. The lowest BCUT2D eigenvalue weighted by Gasteiger charge is -2.33. The summed E-state index contributed by atoms with van der Waals surface area (Å²) in [6.07, 6.45) is 0. The molecule has 0 aromatic heterocycles. The van der Waals surface area contributed by atoms with Crippen molar-refractivity contribution in [1.82, 2.24) is 21.5 Å². The molecule has 27 heavy (non-hydrogen) atoms. The van der Waals surface area contributed by atoms with Gasteiger partial charge in [-0.3, -0.25) is 0 Å². The summed E-state index contributed by atoms with van der Waals surface area (Å²) in [6.45, 7) is 11.5. The van der Waals surface area contributed by atoms with E-state index in [0.717, 1.165) is 5.56 Å². The molecule has 2 aromatic carbocycles. The summed E-state index contributed by atoms with van der Waals surface area (Å²) in [4.78, 5) is 12.4. The van der Waals surface area contributed by atoms with Crippen molar-refractivity contribution in [2.24, 2.45) is 5.41 Å². The molecule has 0 unspecified atom stereocenters. The van der Waals surface area contributed by atoms with E-state index in [1.807, 2.05) is 60.7 Å². The van der Waals surface area contributed by atoms with Gasteiger partial charge in [0.05, 0.1) is 6.04 Å². The van der Waals surface area contributed by atoms with Crippen LogP contribution >= 0.6 is 0 Å². The van der Waals surface area contributed by atoms with Crippen molar-refractivity contribution in [3.63, 3.8) is 0 Å². The molecule has 0 aliphatic rings. The number of carbonyl (C=O) groups is 1. The van der Waals surface area contributed by atoms with E-state index < -0.39 is 0 Å². The van der Waals surface area contributed by atoms with Crippen molar-refractivity contribution in [3.8, 4) is 0 Å². The number of rotatable bonds is 8. The molecule has 2 rings (SSSR count).